The predicted molar refractivity (Wildman–Crippen MR) is 124 cm³/mol. The average Bonchev–Trinajstić information content (AvgIpc) is 3.50. The number of hydrogen-bond acceptors (Lipinski definition) is 4. The lowest BCUT2D eigenvalue weighted by atomic mass is 9.74. The molecule has 3 aromatic carbocycles. The molecule has 4 heteroatoms. The zero-order valence-corrected chi connectivity index (χ0v) is 18.5. The Morgan fingerprint density at radius 3 is 1.73 bits per heavy atom. The minimum Gasteiger partial charge on any atom is -0.455 e. The topological polar surface area (TPSA) is 52.6 Å². The van der Waals surface area contributed by atoms with E-state index in [1.165, 1.54) is 11.1 Å². The van der Waals surface area contributed by atoms with Crippen molar-refractivity contribution < 1.29 is 19.1 Å². The molecule has 3 aliphatic carbocycles. The van der Waals surface area contributed by atoms with Gasteiger partial charge >= 0.3 is 11.9 Å². The molecule has 2 saturated carbocycles. The van der Waals surface area contributed by atoms with Gasteiger partial charge < -0.3 is 9.47 Å². The van der Waals surface area contributed by atoms with Crippen molar-refractivity contribution in [3.8, 4) is 0 Å². The van der Waals surface area contributed by atoms with Crippen LogP contribution in [0, 0.1) is 17.8 Å². The number of ether oxygens (including phenoxy) is 2. The largest absolute Gasteiger partial charge is 0.455 e. The van der Waals surface area contributed by atoms with E-state index >= 15 is 0 Å². The van der Waals surface area contributed by atoms with Crippen molar-refractivity contribution in [3.63, 3.8) is 0 Å². The molecule has 7 unspecified atom stereocenters. The van der Waals surface area contributed by atoms with Gasteiger partial charge in [-0.05, 0) is 59.6 Å². The molecule has 4 nitrogen and oxygen atoms in total. The summed E-state index contributed by atoms with van der Waals surface area (Å²) in [6.07, 6.45) is 0.0244. The Balaban J connectivity index is 1.34. The normalized spacial score (nSPS) is 31.0. The molecule has 0 aromatic heterocycles. The van der Waals surface area contributed by atoms with Crippen LogP contribution in [0.3, 0.4) is 0 Å². The first-order chi connectivity index (χ1) is 16.1. The zero-order chi connectivity index (χ0) is 22.5. The van der Waals surface area contributed by atoms with Gasteiger partial charge in [0.05, 0.1) is 11.1 Å². The monoisotopic (exact) mass is 438 g/mol. The third-order valence-electron chi connectivity index (χ3n) is 8.01. The molecule has 0 amide bonds. The smallest absolute Gasteiger partial charge is 0.338 e. The summed E-state index contributed by atoms with van der Waals surface area (Å²) in [7, 11) is 0. The zero-order valence-electron chi connectivity index (χ0n) is 18.5. The minimum absolute atomic E-state index is 0.146. The number of esters is 2. The summed E-state index contributed by atoms with van der Waals surface area (Å²) < 4.78 is 12.2. The molecule has 3 aliphatic rings. The van der Waals surface area contributed by atoms with Crippen LogP contribution >= 0.6 is 0 Å². The summed E-state index contributed by atoms with van der Waals surface area (Å²) in [5.74, 6) is 0.730. The van der Waals surface area contributed by atoms with Gasteiger partial charge in [0.2, 0.25) is 0 Å². The Kier molecular flexibility index (Phi) is 4.83. The molecule has 0 N–H and O–H groups in total. The summed E-state index contributed by atoms with van der Waals surface area (Å²) in [5, 5.41) is 0. The average molecular weight is 439 g/mol. The lowest BCUT2D eigenvalue weighted by Gasteiger charge is -2.38. The molecule has 0 saturated heterocycles. The van der Waals surface area contributed by atoms with Gasteiger partial charge in [-0.1, -0.05) is 67.6 Å². The first-order valence-electron chi connectivity index (χ1n) is 11.7. The second-order valence-corrected chi connectivity index (χ2v) is 9.56. The van der Waals surface area contributed by atoms with Gasteiger partial charge in [-0.15, -0.1) is 0 Å². The summed E-state index contributed by atoms with van der Waals surface area (Å²) >= 11 is 0. The Labute approximate surface area is 193 Å². The van der Waals surface area contributed by atoms with E-state index in [1.807, 2.05) is 36.4 Å². The van der Waals surface area contributed by atoms with Gasteiger partial charge in [0.15, 0.2) is 0 Å². The number of hydrogen-bond donors (Lipinski definition) is 0. The van der Waals surface area contributed by atoms with E-state index in [0.29, 0.717) is 28.9 Å². The van der Waals surface area contributed by atoms with Crippen LogP contribution in [0.25, 0.3) is 0 Å². The van der Waals surface area contributed by atoms with Crippen LogP contribution in [0.2, 0.25) is 0 Å². The number of carbonyl (C=O) groups excluding carboxylic acids is 2. The van der Waals surface area contributed by atoms with Gasteiger partial charge in [0.1, 0.15) is 12.2 Å². The van der Waals surface area contributed by atoms with Crippen molar-refractivity contribution in [3.05, 3.63) is 107 Å². The van der Waals surface area contributed by atoms with Crippen molar-refractivity contribution in [2.45, 2.75) is 37.4 Å². The fraction of sp³-hybridized carbons (Fsp3) is 0.310. The van der Waals surface area contributed by atoms with Crippen molar-refractivity contribution in [2.75, 3.05) is 0 Å². The SMILES string of the molecule is CC1c2ccccc2C2C3CC(C(OC(=O)c4ccccc4)C3OC(=O)c3ccccc3)C12. The van der Waals surface area contributed by atoms with Crippen LogP contribution in [0.15, 0.2) is 84.9 Å². The van der Waals surface area contributed by atoms with Gasteiger partial charge in [-0.25, -0.2) is 9.59 Å². The standard InChI is InChI=1S/C29H26O4/c1-17-20-14-8-9-15-21(20)25-23-16-22(24(17)25)26(32-28(30)18-10-4-2-5-11-18)27(23)33-29(31)19-12-6-3-7-13-19/h2-15,17,22-27H,16H2,1H3. The summed E-state index contributed by atoms with van der Waals surface area (Å²) in [5.41, 5.74) is 3.79. The van der Waals surface area contributed by atoms with Gasteiger partial charge in [0.25, 0.3) is 0 Å². The van der Waals surface area contributed by atoms with Crippen molar-refractivity contribution in [2.24, 2.45) is 17.8 Å². The van der Waals surface area contributed by atoms with E-state index in [4.69, 9.17) is 9.47 Å². The first kappa shape index (κ1) is 20.2. The number of carbonyl (C=O) groups is 2. The molecule has 2 bridgehead atoms. The van der Waals surface area contributed by atoms with Crippen LogP contribution < -0.4 is 0 Å². The maximum Gasteiger partial charge on any atom is 0.338 e. The summed E-state index contributed by atoms with van der Waals surface area (Å²) in [6.45, 7) is 2.28. The summed E-state index contributed by atoms with van der Waals surface area (Å²) in [4.78, 5) is 26.0. The first-order valence-corrected chi connectivity index (χ1v) is 11.7. The van der Waals surface area contributed by atoms with Crippen LogP contribution in [0.4, 0.5) is 0 Å². The number of benzene rings is 3. The van der Waals surface area contributed by atoms with E-state index in [1.54, 1.807) is 24.3 Å². The second-order valence-electron chi connectivity index (χ2n) is 9.56. The quantitative estimate of drug-likeness (QED) is 0.497. The Morgan fingerprint density at radius 2 is 1.15 bits per heavy atom. The Hall–Kier alpha value is -3.40. The van der Waals surface area contributed by atoms with Crippen LogP contribution in [0.1, 0.15) is 57.0 Å². The highest BCUT2D eigenvalue weighted by Gasteiger charge is 2.65. The van der Waals surface area contributed by atoms with Crippen molar-refractivity contribution in [1.29, 1.82) is 0 Å². The highest BCUT2D eigenvalue weighted by atomic mass is 16.6. The lowest BCUT2D eigenvalue weighted by molar-refractivity contribution is -0.0717. The third-order valence-corrected chi connectivity index (χ3v) is 8.01. The van der Waals surface area contributed by atoms with Gasteiger partial charge in [-0.3, -0.25) is 0 Å². The van der Waals surface area contributed by atoms with Gasteiger partial charge in [0, 0.05) is 11.8 Å². The van der Waals surface area contributed by atoms with Gasteiger partial charge in [-0.2, -0.15) is 0 Å². The van der Waals surface area contributed by atoms with E-state index < -0.39 is 12.2 Å². The fourth-order valence-electron chi connectivity index (χ4n) is 6.75. The fourth-order valence-corrected chi connectivity index (χ4v) is 6.75. The van der Waals surface area contributed by atoms with Crippen LogP contribution in [0.5, 0.6) is 0 Å². The molecule has 2 fully saturated rings. The molecule has 0 heterocycles. The lowest BCUT2D eigenvalue weighted by Crippen LogP contribution is -2.45. The number of rotatable bonds is 4. The summed E-state index contributed by atoms with van der Waals surface area (Å²) in [6, 6.07) is 26.7. The molecule has 166 valence electrons. The molecular weight excluding hydrogens is 412 g/mol. The molecule has 6 rings (SSSR count). The Morgan fingerprint density at radius 1 is 0.667 bits per heavy atom. The number of fused-ring (bicyclic) bond motifs is 7. The van der Waals surface area contributed by atoms with Crippen molar-refractivity contribution >= 4 is 11.9 Å². The van der Waals surface area contributed by atoms with Crippen molar-refractivity contribution in [1.82, 2.24) is 0 Å². The highest BCUT2D eigenvalue weighted by molar-refractivity contribution is 5.90. The molecule has 0 radical (unpaired) electrons. The van der Waals surface area contributed by atoms with E-state index in [2.05, 4.69) is 31.2 Å². The predicted octanol–water partition coefficient (Wildman–Crippen LogP) is 5.60. The van der Waals surface area contributed by atoms with E-state index in [0.717, 1.165) is 6.42 Å². The highest BCUT2D eigenvalue weighted by Crippen LogP contribution is 2.66. The molecule has 0 spiro atoms. The van der Waals surface area contributed by atoms with Crippen LogP contribution in [-0.4, -0.2) is 24.1 Å². The maximum atomic E-state index is 13.0. The van der Waals surface area contributed by atoms with E-state index in [9.17, 15) is 9.59 Å². The minimum atomic E-state index is -0.449. The third kappa shape index (κ3) is 3.19. The molecule has 0 aliphatic heterocycles. The maximum absolute atomic E-state index is 13.0. The molecular formula is C29H26O4. The Bertz CT molecular complexity index is 1190. The van der Waals surface area contributed by atoms with Crippen LogP contribution in [-0.2, 0) is 9.47 Å². The second kappa shape index (κ2) is 7.87. The molecule has 3 aromatic rings. The molecule has 33 heavy (non-hydrogen) atoms. The molecule has 7 atom stereocenters. The van der Waals surface area contributed by atoms with E-state index in [-0.39, 0.29) is 23.8 Å².